The number of carboxylic acid groups (broad SMARTS) is 1. The van der Waals surface area contributed by atoms with Crippen LogP contribution in [0, 0.1) is 5.92 Å². The summed E-state index contributed by atoms with van der Waals surface area (Å²) in [5, 5.41) is 11.1. The molecule has 0 saturated heterocycles. The highest BCUT2D eigenvalue weighted by molar-refractivity contribution is 5.80. The van der Waals surface area contributed by atoms with Gasteiger partial charge in [0.15, 0.2) is 0 Å². The lowest BCUT2D eigenvalue weighted by atomic mass is 9.87. The van der Waals surface area contributed by atoms with Crippen LogP contribution in [-0.4, -0.2) is 47.3 Å². The zero-order chi connectivity index (χ0) is 15.3. The number of aliphatic carboxylic acids is 1. The van der Waals surface area contributed by atoms with Crippen molar-refractivity contribution < 1.29 is 27.9 Å². The lowest BCUT2D eigenvalue weighted by Gasteiger charge is -2.30. The molecular weight excluding hydrogens is 277 g/mol. The molecule has 0 bridgehead atoms. The Bertz CT molecular complexity index is 352. The molecule has 0 spiro atoms. The largest absolute Gasteiger partial charge is 0.480 e. The van der Waals surface area contributed by atoms with Gasteiger partial charge in [-0.2, -0.15) is 13.2 Å². The molecule has 1 saturated carbocycles. The number of carboxylic acids is 1. The van der Waals surface area contributed by atoms with Crippen LogP contribution < -0.4 is 5.32 Å². The standard InChI is InChI=1S/C12H19F3N2O3/c1-8-2-4-9(5-3-8)16-11(20)17(6-10(18)19)7-12(13,14)15/h8-9H,2-7H2,1H3,(H,16,20)(H,18,19). The third kappa shape index (κ3) is 6.12. The molecule has 2 N–H and O–H groups in total. The molecule has 0 radical (unpaired) electrons. The molecule has 116 valence electrons. The first-order chi connectivity index (χ1) is 9.17. The van der Waals surface area contributed by atoms with Gasteiger partial charge in [0.1, 0.15) is 13.1 Å². The Hall–Kier alpha value is -1.47. The normalized spacial score (nSPS) is 23.2. The maximum atomic E-state index is 12.3. The van der Waals surface area contributed by atoms with E-state index in [2.05, 4.69) is 12.2 Å². The zero-order valence-electron chi connectivity index (χ0n) is 11.2. The Morgan fingerprint density at radius 3 is 2.25 bits per heavy atom. The summed E-state index contributed by atoms with van der Waals surface area (Å²) < 4.78 is 37.0. The monoisotopic (exact) mass is 296 g/mol. The fourth-order valence-electron chi connectivity index (χ4n) is 2.25. The molecular formula is C12H19F3N2O3. The Kier molecular flexibility index (Phi) is 5.64. The van der Waals surface area contributed by atoms with Gasteiger partial charge in [-0.05, 0) is 31.6 Å². The van der Waals surface area contributed by atoms with Crippen molar-refractivity contribution in [3.05, 3.63) is 0 Å². The van der Waals surface area contributed by atoms with Gasteiger partial charge in [0.25, 0.3) is 0 Å². The summed E-state index contributed by atoms with van der Waals surface area (Å²) >= 11 is 0. The summed E-state index contributed by atoms with van der Waals surface area (Å²) in [7, 11) is 0. The Labute approximate surface area is 115 Å². The summed E-state index contributed by atoms with van der Waals surface area (Å²) in [4.78, 5) is 22.6. The molecule has 0 aromatic rings. The van der Waals surface area contributed by atoms with E-state index in [1.165, 1.54) is 0 Å². The molecule has 0 heterocycles. The quantitative estimate of drug-likeness (QED) is 0.835. The van der Waals surface area contributed by atoms with Crippen LogP contribution in [0.5, 0.6) is 0 Å². The van der Waals surface area contributed by atoms with Crippen molar-refractivity contribution in [1.29, 1.82) is 0 Å². The number of carbonyl (C=O) groups excluding carboxylic acids is 1. The second-order valence-corrected chi connectivity index (χ2v) is 5.27. The Balaban J connectivity index is 2.56. The molecule has 0 atom stereocenters. The van der Waals surface area contributed by atoms with Crippen molar-refractivity contribution in [3.63, 3.8) is 0 Å². The van der Waals surface area contributed by atoms with E-state index in [9.17, 15) is 22.8 Å². The lowest BCUT2D eigenvalue weighted by Crippen LogP contribution is -2.50. The first kappa shape index (κ1) is 16.6. The first-order valence-electron chi connectivity index (χ1n) is 6.51. The minimum atomic E-state index is -4.62. The van der Waals surface area contributed by atoms with Crippen LogP contribution in [0.15, 0.2) is 0 Å². The van der Waals surface area contributed by atoms with Crippen molar-refractivity contribution in [1.82, 2.24) is 10.2 Å². The van der Waals surface area contributed by atoms with E-state index in [0.29, 0.717) is 18.8 Å². The van der Waals surface area contributed by atoms with Gasteiger partial charge in [-0.3, -0.25) is 4.79 Å². The summed E-state index contributed by atoms with van der Waals surface area (Å²) in [6.07, 6.45) is -1.39. The second kappa shape index (κ2) is 6.81. The molecule has 1 rings (SSSR count). The predicted octanol–water partition coefficient (Wildman–Crippen LogP) is 2.22. The van der Waals surface area contributed by atoms with Gasteiger partial charge < -0.3 is 15.3 Å². The maximum Gasteiger partial charge on any atom is 0.406 e. The maximum absolute atomic E-state index is 12.3. The van der Waals surface area contributed by atoms with Gasteiger partial charge in [0, 0.05) is 6.04 Å². The average molecular weight is 296 g/mol. The highest BCUT2D eigenvalue weighted by Crippen LogP contribution is 2.24. The van der Waals surface area contributed by atoms with Crippen LogP contribution in [0.4, 0.5) is 18.0 Å². The van der Waals surface area contributed by atoms with Gasteiger partial charge in [0.2, 0.25) is 0 Å². The van der Waals surface area contributed by atoms with E-state index in [4.69, 9.17) is 5.11 Å². The van der Waals surface area contributed by atoms with Gasteiger partial charge in [0.05, 0.1) is 0 Å². The second-order valence-electron chi connectivity index (χ2n) is 5.27. The fourth-order valence-corrected chi connectivity index (χ4v) is 2.25. The number of carbonyl (C=O) groups is 2. The Morgan fingerprint density at radius 1 is 1.25 bits per heavy atom. The lowest BCUT2D eigenvalue weighted by molar-refractivity contribution is -0.149. The van der Waals surface area contributed by atoms with Crippen LogP contribution in [0.1, 0.15) is 32.6 Å². The van der Waals surface area contributed by atoms with Gasteiger partial charge in [-0.1, -0.05) is 6.92 Å². The number of hydrogen-bond donors (Lipinski definition) is 2. The molecule has 5 nitrogen and oxygen atoms in total. The van der Waals surface area contributed by atoms with Crippen LogP contribution >= 0.6 is 0 Å². The van der Waals surface area contributed by atoms with Crippen molar-refractivity contribution in [2.75, 3.05) is 13.1 Å². The van der Waals surface area contributed by atoms with Crippen molar-refractivity contribution in [3.8, 4) is 0 Å². The average Bonchev–Trinajstić information content (AvgIpc) is 2.29. The summed E-state index contributed by atoms with van der Waals surface area (Å²) in [6, 6.07) is -1.15. The molecule has 0 unspecified atom stereocenters. The van der Waals surface area contributed by atoms with Gasteiger partial charge in [-0.25, -0.2) is 4.79 Å². The minimum Gasteiger partial charge on any atom is -0.480 e. The molecule has 1 aliphatic rings. The van der Waals surface area contributed by atoms with E-state index in [-0.39, 0.29) is 10.9 Å². The number of nitrogens with zero attached hydrogens (tertiary/aromatic N) is 1. The molecule has 1 fully saturated rings. The van der Waals surface area contributed by atoms with Crippen molar-refractivity contribution >= 4 is 12.0 Å². The topological polar surface area (TPSA) is 69.6 Å². The number of hydrogen-bond acceptors (Lipinski definition) is 2. The molecule has 2 amide bonds. The fraction of sp³-hybridized carbons (Fsp3) is 0.833. The van der Waals surface area contributed by atoms with E-state index in [1.807, 2.05) is 0 Å². The molecule has 0 aromatic carbocycles. The van der Waals surface area contributed by atoms with E-state index >= 15 is 0 Å². The van der Waals surface area contributed by atoms with Crippen LogP contribution in [0.3, 0.4) is 0 Å². The number of urea groups is 1. The molecule has 0 aromatic heterocycles. The SMILES string of the molecule is CC1CCC(NC(=O)N(CC(=O)O)CC(F)(F)F)CC1. The summed E-state index contributed by atoms with van der Waals surface area (Å²) in [6.45, 7) is -0.443. The van der Waals surface area contributed by atoms with Gasteiger partial charge in [-0.15, -0.1) is 0 Å². The van der Waals surface area contributed by atoms with Crippen LogP contribution in [0.2, 0.25) is 0 Å². The van der Waals surface area contributed by atoms with E-state index in [1.54, 1.807) is 0 Å². The van der Waals surface area contributed by atoms with Crippen LogP contribution in [-0.2, 0) is 4.79 Å². The minimum absolute atomic E-state index is 0.178. The molecule has 8 heteroatoms. The van der Waals surface area contributed by atoms with E-state index in [0.717, 1.165) is 12.8 Å². The third-order valence-electron chi connectivity index (χ3n) is 3.33. The van der Waals surface area contributed by atoms with Crippen molar-refractivity contribution in [2.24, 2.45) is 5.92 Å². The smallest absolute Gasteiger partial charge is 0.406 e. The zero-order valence-corrected chi connectivity index (χ0v) is 11.2. The number of amides is 2. The molecule has 0 aliphatic heterocycles. The number of rotatable bonds is 4. The third-order valence-corrected chi connectivity index (χ3v) is 3.33. The summed E-state index contributed by atoms with van der Waals surface area (Å²) in [5.41, 5.74) is 0. The van der Waals surface area contributed by atoms with E-state index < -0.39 is 31.3 Å². The highest BCUT2D eigenvalue weighted by Gasteiger charge is 2.34. The number of alkyl halides is 3. The van der Waals surface area contributed by atoms with Crippen LogP contribution in [0.25, 0.3) is 0 Å². The predicted molar refractivity (Wildman–Crippen MR) is 65.2 cm³/mol. The summed E-state index contributed by atoms with van der Waals surface area (Å²) in [5.74, 6) is -0.921. The highest BCUT2D eigenvalue weighted by atomic mass is 19.4. The Morgan fingerprint density at radius 2 is 1.80 bits per heavy atom. The molecule has 1 aliphatic carbocycles. The molecule has 20 heavy (non-hydrogen) atoms. The van der Waals surface area contributed by atoms with Crippen molar-refractivity contribution in [2.45, 2.75) is 44.8 Å². The van der Waals surface area contributed by atoms with Gasteiger partial charge >= 0.3 is 18.2 Å². The first-order valence-corrected chi connectivity index (χ1v) is 6.51. The number of halogens is 3. The number of nitrogens with one attached hydrogen (secondary N) is 1.